The van der Waals surface area contributed by atoms with Crippen molar-refractivity contribution >= 4 is 16.3 Å². The van der Waals surface area contributed by atoms with Gasteiger partial charge in [-0.25, -0.2) is 4.98 Å². The summed E-state index contributed by atoms with van der Waals surface area (Å²) in [6, 6.07) is 10.2. The first-order valence-corrected chi connectivity index (χ1v) is 9.07. The second kappa shape index (κ2) is 7.23. The molecule has 0 atom stereocenters. The number of fused-ring (bicyclic) bond motifs is 1. The lowest BCUT2D eigenvalue weighted by molar-refractivity contribution is 0.268. The lowest BCUT2D eigenvalue weighted by Crippen LogP contribution is -2.25. The van der Waals surface area contributed by atoms with Gasteiger partial charge in [0.1, 0.15) is 5.01 Å². The van der Waals surface area contributed by atoms with Gasteiger partial charge in [0.2, 0.25) is 4.96 Å². The van der Waals surface area contributed by atoms with Crippen LogP contribution in [-0.4, -0.2) is 26.0 Å². The van der Waals surface area contributed by atoms with E-state index in [1.807, 2.05) is 6.92 Å². The molecule has 3 rings (SSSR count). The number of hydrogen-bond donors (Lipinski definition) is 0. The van der Waals surface area contributed by atoms with Crippen LogP contribution in [0.1, 0.15) is 35.7 Å². The Hall–Kier alpha value is -2.05. The normalized spacial score (nSPS) is 11.5. The highest BCUT2D eigenvalue weighted by Gasteiger charge is 2.11. The average Bonchev–Trinajstić information content (AvgIpc) is 3.00. The topological polar surface area (TPSA) is 50.5 Å². The van der Waals surface area contributed by atoms with Crippen LogP contribution < -0.4 is 5.56 Å². The number of rotatable bonds is 6. The lowest BCUT2D eigenvalue weighted by atomic mass is 10.1. The fourth-order valence-electron chi connectivity index (χ4n) is 2.58. The first-order valence-electron chi connectivity index (χ1n) is 8.25. The predicted octanol–water partition coefficient (Wildman–Crippen LogP) is 3.04. The number of hydrogen-bond acceptors (Lipinski definition) is 5. The molecule has 0 amide bonds. The minimum absolute atomic E-state index is 0.0997. The van der Waals surface area contributed by atoms with Crippen LogP contribution in [-0.2, 0) is 19.5 Å². The second-order valence-corrected chi connectivity index (χ2v) is 6.96. The Labute approximate surface area is 145 Å². The van der Waals surface area contributed by atoms with Gasteiger partial charge in [0.15, 0.2) is 0 Å². The van der Waals surface area contributed by atoms with Gasteiger partial charge in [-0.1, -0.05) is 55.0 Å². The SMILES string of the molecule is CCc1nn2c(=O)cc(CN(CC)Cc3ccc(C)cc3)nc2s1. The maximum Gasteiger partial charge on any atom is 0.275 e. The fraction of sp³-hybridized carbons (Fsp3) is 0.389. The summed E-state index contributed by atoms with van der Waals surface area (Å²) < 4.78 is 1.41. The molecule has 0 saturated heterocycles. The molecule has 6 heteroatoms. The zero-order valence-corrected chi connectivity index (χ0v) is 15.1. The Morgan fingerprint density at radius 3 is 2.58 bits per heavy atom. The minimum Gasteiger partial charge on any atom is -0.294 e. The minimum atomic E-state index is -0.0997. The molecule has 126 valence electrons. The standard InChI is InChI=1S/C18H22N4OS/c1-4-16-20-22-17(23)10-15(19-18(22)24-16)12-21(5-2)11-14-8-6-13(3)7-9-14/h6-10H,4-5,11-12H2,1-3H3. The van der Waals surface area contributed by atoms with E-state index in [9.17, 15) is 4.79 Å². The van der Waals surface area contributed by atoms with Crippen molar-refractivity contribution in [2.75, 3.05) is 6.54 Å². The molecule has 0 spiro atoms. The van der Waals surface area contributed by atoms with E-state index >= 15 is 0 Å². The summed E-state index contributed by atoms with van der Waals surface area (Å²) in [5.41, 5.74) is 3.24. The van der Waals surface area contributed by atoms with E-state index in [2.05, 4.69) is 53.1 Å². The quantitative estimate of drug-likeness (QED) is 0.691. The van der Waals surface area contributed by atoms with Gasteiger partial charge in [-0.05, 0) is 25.5 Å². The molecule has 0 saturated carbocycles. The third kappa shape index (κ3) is 3.71. The van der Waals surface area contributed by atoms with E-state index in [-0.39, 0.29) is 5.56 Å². The molecule has 0 fully saturated rings. The predicted molar refractivity (Wildman–Crippen MR) is 97.5 cm³/mol. The first kappa shape index (κ1) is 16.8. The number of aryl methyl sites for hydroxylation is 2. The van der Waals surface area contributed by atoms with Crippen molar-refractivity contribution in [1.29, 1.82) is 0 Å². The molecular weight excluding hydrogens is 320 g/mol. The molecular formula is C18H22N4OS. The molecule has 0 unspecified atom stereocenters. The van der Waals surface area contributed by atoms with Crippen molar-refractivity contribution in [2.45, 2.75) is 40.3 Å². The monoisotopic (exact) mass is 342 g/mol. The summed E-state index contributed by atoms with van der Waals surface area (Å²) >= 11 is 1.49. The Balaban J connectivity index is 1.81. The molecule has 5 nitrogen and oxygen atoms in total. The smallest absolute Gasteiger partial charge is 0.275 e. The van der Waals surface area contributed by atoms with Gasteiger partial charge in [0, 0.05) is 19.2 Å². The molecule has 0 radical (unpaired) electrons. The summed E-state index contributed by atoms with van der Waals surface area (Å²) in [5.74, 6) is 0. The molecule has 0 aliphatic heterocycles. The molecule has 0 aliphatic rings. The van der Waals surface area contributed by atoms with Crippen molar-refractivity contribution < 1.29 is 0 Å². The molecule has 3 aromatic rings. The van der Waals surface area contributed by atoms with Gasteiger partial charge in [-0.2, -0.15) is 9.61 Å². The summed E-state index contributed by atoms with van der Waals surface area (Å²) in [5, 5.41) is 5.23. The van der Waals surface area contributed by atoms with Crippen LogP contribution in [0.5, 0.6) is 0 Å². The zero-order valence-electron chi connectivity index (χ0n) is 14.3. The van der Waals surface area contributed by atoms with Crippen LogP contribution in [0.2, 0.25) is 0 Å². The molecule has 2 heterocycles. The highest BCUT2D eigenvalue weighted by Crippen LogP contribution is 2.14. The third-order valence-electron chi connectivity index (χ3n) is 4.00. The second-order valence-electron chi connectivity index (χ2n) is 5.92. The Kier molecular flexibility index (Phi) is 5.06. The van der Waals surface area contributed by atoms with Gasteiger partial charge < -0.3 is 0 Å². The summed E-state index contributed by atoms with van der Waals surface area (Å²) in [7, 11) is 0. The highest BCUT2D eigenvalue weighted by atomic mass is 32.1. The zero-order chi connectivity index (χ0) is 17.1. The van der Waals surface area contributed by atoms with E-state index in [1.165, 1.54) is 27.0 Å². The average molecular weight is 342 g/mol. The van der Waals surface area contributed by atoms with Crippen molar-refractivity contribution in [3.63, 3.8) is 0 Å². The van der Waals surface area contributed by atoms with E-state index in [0.29, 0.717) is 11.5 Å². The van der Waals surface area contributed by atoms with E-state index < -0.39 is 0 Å². The maximum atomic E-state index is 12.2. The number of benzene rings is 1. The first-order chi connectivity index (χ1) is 11.6. The summed E-state index contributed by atoms with van der Waals surface area (Å²) in [6.45, 7) is 8.66. The van der Waals surface area contributed by atoms with Gasteiger partial charge in [-0.3, -0.25) is 9.69 Å². The summed E-state index contributed by atoms with van der Waals surface area (Å²) in [4.78, 5) is 19.8. The molecule has 2 aromatic heterocycles. The van der Waals surface area contributed by atoms with E-state index in [1.54, 1.807) is 6.07 Å². The third-order valence-corrected chi connectivity index (χ3v) is 5.05. The molecule has 0 bridgehead atoms. The Morgan fingerprint density at radius 1 is 1.17 bits per heavy atom. The molecule has 24 heavy (non-hydrogen) atoms. The van der Waals surface area contributed by atoms with Gasteiger partial charge >= 0.3 is 0 Å². The largest absolute Gasteiger partial charge is 0.294 e. The summed E-state index contributed by atoms with van der Waals surface area (Å²) in [6.07, 6.45) is 0.817. The van der Waals surface area contributed by atoms with Gasteiger partial charge in [0.05, 0.1) is 5.69 Å². The van der Waals surface area contributed by atoms with Crippen molar-refractivity contribution in [1.82, 2.24) is 19.5 Å². The number of nitrogens with zero attached hydrogens (tertiary/aromatic N) is 4. The van der Waals surface area contributed by atoms with Gasteiger partial charge in [0.25, 0.3) is 5.56 Å². The Morgan fingerprint density at radius 2 is 1.92 bits per heavy atom. The fourth-order valence-corrected chi connectivity index (χ4v) is 3.44. The molecule has 1 aromatic carbocycles. The van der Waals surface area contributed by atoms with Crippen LogP contribution >= 0.6 is 11.3 Å². The Bertz CT molecular complexity index is 882. The number of aromatic nitrogens is 3. The van der Waals surface area contributed by atoms with Crippen LogP contribution in [0.3, 0.4) is 0 Å². The van der Waals surface area contributed by atoms with Crippen LogP contribution in [0.15, 0.2) is 35.1 Å². The van der Waals surface area contributed by atoms with Crippen molar-refractivity contribution in [3.05, 3.63) is 62.5 Å². The van der Waals surface area contributed by atoms with Gasteiger partial charge in [-0.15, -0.1) is 0 Å². The van der Waals surface area contributed by atoms with Crippen LogP contribution in [0.4, 0.5) is 0 Å². The molecule has 0 N–H and O–H groups in total. The molecule has 0 aliphatic carbocycles. The van der Waals surface area contributed by atoms with E-state index in [0.717, 1.165) is 30.2 Å². The van der Waals surface area contributed by atoms with Crippen molar-refractivity contribution in [2.24, 2.45) is 0 Å². The highest BCUT2D eigenvalue weighted by molar-refractivity contribution is 7.16. The van der Waals surface area contributed by atoms with Crippen molar-refractivity contribution in [3.8, 4) is 0 Å². The van der Waals surface area contributed by atoms with Crippen LogP contribution in [0, 0.1) is 6.92 Å². The lowest BCUT2D eigenvalue weighted by Gasteiger charge is -2.20. The maximum absolute atomic E-state index is 12.2. The van der Waals surface area contributed by atoms with Crippen LogP contribution in [0.25, 0.3) is 4.96 Å². The van der Waals surface area contributed by atoms with E-state index in [4.69, 9.17) is 0 Å².